The average Bonchev–Trinajstić information content (AvgIpc) is 3.20. The lowest BCUT2D eigenvalue weighted by Crippen LogP contribution is -2.01. The van der Waals surface area contributed by atoms with Crippen molar-refractivity contribution in [3.63, 3.8) is 0 Å². The van der Waals surface area contributed by atoms with Crippen LogP contribution in [-0.2, 0) is 0 Å². The minimum absolute atomic E-state index is 0.623. The molecule has 4 heteroatoms. The van der Waals surface area contributed by atoms with Gasteiger partial charge in [-0.2, -0.15) is 0 Å². The predicted molar refractivity (Wildman–Crippen MR) is 75.5 cm³/mol. The number of rotatable bonds is 3. The summed E-state index contributed by atoms with van der Waals surface area (Å²) in [6, 6.07) is 8.85. The molecule has 3 aromatic rings. The lowest BCUT2D eigenvalue weighted by molar-refractivity contribution is 0.751. The van der Waals surface area contributed by atoms with Crippen molar-refractivity contribution in [2.45, 2.75) is 18.9 Å². The van der Waals surface area contributed by atoms with Gasteiger partial charge in [-0.25, -0.2) is 4.98 Å². The van der Waals surface area contributed by atoms with Gasteiger partial charge in [-0.3, -0.25) is 4.98 Å². The maximum atomic E-state index is 4.41. The van der Waals surface area contributed by atoms with E-state index in [4.69, 9.17) is 0 Å². The van der Waals surface area contributed by atoms with Crippen LogP contribution in [0, 0.1) is 0 Å². The van der Waals surface area contributed by atoms with E-state index in [9.17, 15) is 0 Å². The van der Waals surface area contributed by atoms with Crippen LogP contribution >= 0.6 is 0 Å². The van der Waals surface area contributed by atoms with Gasteiger partial charge in [-0.1, -0.05) is 12.1 Å². The molecule has 0 bridgehead atoms. The van der Waals surface area contributed by atoms with Crippen LogP contribution in [0.25, 0.3) is 10.8 Å². The van der Waals surface area contributed by atoms with Gasteiger partial charge in [0, 0.05) is 36.2 Å². The molecule has 0 radical (unpaired) electrons. The number of benzene rings is 1. The summed E-state index contributed by atoms with van der Waals surface area (Å²) in [5, 5.41) is 5.73. The van der Waals surface area contributed by atoms with Gasteiger partial charge in [0.05, 0.1) is 5.69 Å². The largest absolute Gasteiger partial charge is 0.325 e. The molecule has 4 rings (SSSR count). The van der Waals surface area contributed by atoms with Crippen LogP contribution in [0.3, 0.4) is 0 Å². The Hall–Kier alpha value is -2.36. The molecular weight excluding hydrogens is 236 g/mol. The van der Waals surface area contributed by atoms with E-state index in [-0.39, 0.29) is 0 Å². The summed E-state index contributed by atoms with van der Waals surface area (Å²) in [5.74, 6) is 0.916. The van der Waals surface area contributed by atoms with E-state index in [1.54, 1.807) is 0 Å². The van der Waals surface area contributed by atoms with Crippen molar-refractivity contribution < 1.29 is 0 Å². The first kappa shape index (κ1) is 10.6. The van der Waals surface area contributed by atoms with Crippen LogP contribution in [0.4, 0.5) is 11.6 Å². The first-order chi connectivity index (χ1) is 9.42. The molecule has 1 aliphatic carbocycles. The Morgan fingerprint density at radius 3 is 3.00 bits per heavy atom. The molecule has 1 aliphatic rings. The number of anilines is 2. The Bertz CT molecular complexity index is 722. The van der Waals surface area contributed by atoms with E-state index < -0.39 is 0 Å². The Morgan fingerprint density at radius 1 is 1.16 bits per heavy atom. The Balaban J connectivity index is 1.76. The summed E-state index contributed by atoms with van der Waals surface area (Å²) in [4.78, 5) is 8.62. The SMILES string of the molecule is c1cc(Nc2nccn2C2CC2)c2cnccc2c1. The first-order valence-electron chi connectivity index (χ1n) is 6.54. The Labute approximate surface area is 111 Å². The smallest absolute Gasteiger partial charge is 0.207 e. The third kappa shape index (κ3) is 1.85. The van der Waals surface area contributed by atoms with Crippen LogP contribution in [0.5, 0.6) is 0 Å². The van der Waals surface area contributed by atoms with Crippen molar-refractivity contribution in [1.29, 1.82) is 0 Å². The Kier molecular flexibility index (Phi) is 2.27. The van der Waals surface area contributed by atoms with Gasteiger partial charge in [0.2, 0.25) is 5.95 Å². The van der Waals surface area contributed by atoms with Gasteiger partial charge in [0.15, 0.2) is 0 Å². The Morgan fingerprint density at radius 2 is 2.11 bits per heavy atom. The standard InChI is InChI=1S/C15H14N4/c1-2-11-6-7-16-10-13(11)14(3-1)18-15-17-8-9-19(15)12-4-5-12/h1-3,6-10,12H,4-5H2,(H,17,18). The molecule has 0 unspecified atom stereocenters. The molecule has 0 atom stereocenters. The average molecular weight is 250 g/mol. The van der Waals surface area contributed by atoms with Crippen LogP contribution in [0.1, 0.15) is 18.9 Å². The number of aromatic nitrogens is 3. The zero-order valence-corrected chi connectivity index (χ0v) is 10.5. The van der Waals surface area contributed by atoms with Crippen LogP contribution < -0.4 is 5.32 Å². The normalized spacial score (nSPS) is 14.7. The van der Waals surface area contributed by atoms with E-state index >= 15 is 0 Å². The number of fused-ring (bicyclic) bond motifs is 1. The minimum Gasteiger partial charge on any atom is -0.325 e. The van der Waals surface area contributed by atoms with Gasteiger partial charge in [0.1, 0.15) is 0 Å². The number of hydrogen-bond donors (Lipinski definition) is 1. The molecular formula is C15H14N4. The third-order valence-corrected chi connectivity index (χ3v) is 3.54. The number of hydrogen-bond acceptors (Lipinski definition) is 3. The fourth-order valence-corrected chi connectivity index (χ4v) is 2.40. The highest BCUT2D eigenvalue weighted by Gasteiger charge is 2.25. The summed E-state index contributed by atoms with van der Waals surface area (Å²) < 4.78 is 2.22. The van der Waals surface area contributed by atoms with Crippen molar-refractivity contribution in [2.75, 3.05) is 5.32 Å². The molecule has 94 valence electrons. The highest BCUT2D eigenvalue weighted by atomic mass is 15.2. The van der Waals surface area contributed by atoms with E-state index in [0.29, 0.717) is 6.04 Å². The molecule has 1 N–H and O–H groups in total. The third-order valence-electron chi connectivity index (χ3n) is 3.54. The summed E-state index contributed by atoms with van der Waals surface area (Å²) >= 11 is 0. The van der Waals surface area contributed by atoms with Crippen molar-refractivity contribution in [3.05, 3.63) is 49.1 Å². The summed E-state index contributed by atoms with van der Waals surface area (Å²) in [5.41, 5.74) is 1.05. The molecule has 0 spiro atoms. The highest BCUT2D eigenvalue weighted by Crippen LogP contribution is 2.37. The molecule has 1 fully saturated rings. The summed E-state index contributed by atoms with van der Waals surface area (Å²) in [6.45, 7) is 0. The molecule has 2 aromatic heterocycles. The van der Waals surface area contributed by atoms with Gasteiger partial charge in [0.25, 0.3) is 0 Å². The molecule has 2 heterocycles. The lowest BCUT2D eigenvalue weighted by Gasteiger charge is -2.10. The molecule has 1 saturated carbocycles. The zero-order valence-electron chi connectivity index (χ0n) is 10.5. The van der Waals surface area contributed by atoms with Crippen molar-refractivity contribution >= 4 is 22.4 Å². The lowest BCUT2D eigenvalue weighted by atomic mass is 10.1. The maximum absolute atomic E-state index is 4.41. The second-order valence-electron chi connectivity index (χ2n) is 4.92. The monoisotopic (exact) mass is 250 g/mol. The number of nitrogens with zero attached hydrogens (tertiary/aromatic N) is 3. The van der Waals surface area contributed by atoms with Gasteiger partial charge < -0.3 is 9.88 Å². The zero-order chi connectivity index (χ0) is 12.7. The first-order valence-corrected chi connectivity index (χ1v) is 6.54. The molecule has 4 nitrogen and oxygen atoms in total. The minimum atomic E-state index is 0.623. The fraction of sp³-hybridized carbons (Fsp3) is 0.200. The van der Waals surface area contributed by atoms with Crippen molar-refractivity contribution in [1.82, 2.24) is 14.5 Å². The van der Waals surface area contributed by atoms with E-state index in [0.717, 1.165) is 17.0 Å². The van der Waals surface area contributed by atoms with Gasteiger partial charge >= 0.3 is 0 Å². The summed E-state index contributed by atoms with van der Waals surface area (Å²) in [6.07, 6.45) is 10.1. The molecule has 19 heavy (non-hydrogen) atoms. The predicted octanol–water partition coefficient (Wildman–Crippen LogP) is 3.51. The van der Waals surface area contributed by atoms with Crippen molar-refractivity contribution in [3.8, 4) is 0 Å². The van der Waals surface area contributed by atoms with E-state index in [2.05, 4.69) is 38.1 Å². The summed E-state index contributed by atoms with van der Waals surface area (Å²) in [7, 11) is 0. The van der Waals surface area contributed by atoms with Crippen molar-refractivity contribution in [2.24, 2.45) is 0 Å². The van der Waals surface area contributed by atoms with Gasteiger partial charge in [-0.05, 0) is 30.4 Å². The van der Waals surface area contributed by atoms with Gasteiger partial charge in [-0.15, -0.1) is 0 Å². The number of pyridine rings is 1. The van der Waals surface area contributed by atoms with E-state index in [1.807, 2.05) is 30.9 Å². The molecule has 0 aliphatic heterocycles. The number of nitrogens with one attached hydrogen (secondary N) is 1. The topological polar surface area (TPSA) is 42.7 Å². The number of imidazole rings is 1. The van der Waals surface area contributed by atoms with Crippen LogP contribution in [0.2, 0.25) is 0 Å². The molecule has 0 amide bonds. The van der Waals surface area contributed by atoms with E-state index in [1.165, 1.54) is 18.2 Å². The highest BCUT2D eigenvalue weighted by molar-refractivity contribution is 5.94. The molecule has 1 aromatic carbocycles. The van der Waals surface area contributed by atoms with Crippen LogP contribution in [0.15, 0.2) is 49.1 Å². The fourth-order valence-electron chi connectivity index (χ4n) is 2.40. The maximum Gasteiger partial charge on any atom is 0.207 e. The van der Waals surface area contributed by atoms with Crippen LogP contribution in [-0.4, -0.2) is 14.5 Å². The second-order valence-corrected chi connectivity index (χ2v) is 4.92. The quantitative estimate of drug-likeness (QED) is 0.773. The second kappa shape index (κ2) is 4.09. The molecule has 0 saturated heterocycles.